The zero-order chi connectivity index (χ0) is 17.4. The summed E-state index contributed by atoms with van der Waals surface area (Å²) in [6, 6.07) is 22.8. The molecule has 4 aromatic rings. The molecule has 4 rings (SSSR count). The molecule has 0 unspecified atom stereocenters. The predicted molar refractivity (Wildman–Crippen MR) is 101 cm³/mol. The highest BCUT2D eigenvalue weighted by Crippen LogP contribution is 2.38. The van der Waals surface area contributed by atoms with Crippen LogP contribution < -0.4 is 4.74 Å². The Morgan fingerprint density at radius 1 is 0.920 bits per heavy atom. The van der Waals surface area contributed by atoms with Crippen molar-refractivity contribution in [3.8, 4) is 5.75 Å². The second kappa shape index (κ2) is 6.10. The second-order valence-corrected chi connectivity index (χ2v) is 6.29. The lowest BCUT2D eigenvalue weighted by Crippen LogP contribution is -2.04. The van der Waals surface area contributed by atoms with Gasteiger partial charge in [-0.05, 0) is 30.2 Å². The van der Waals surface area contributed by atoms with Crippen molar-refractivity contribution in [3.63, 3.8) is 0 Å². The zero-order valence-electron chi connectivity index (χ0n) is 14.3. The number of benzene rings is 3. The maximum absolute atomic E-state index is 11.6. The van der Waals surface area contributed by atoms with E-state index in [9.17, 15) is 4.79 Å². The van der Waals surface area contributed by atoms with Crippen molar-refractivity contribution in [2.45, 2.75) is 20.4 Å². The molecule has 0 spiro atoms. The van der Waals surface area contributed by atoms with Crippen molar-refractivity contribution >= 4 is 27.8 Å². The van der Waals surface area contributed by atoms with Gasteiger partial charge in [-0.2, -0.15) is 0 Å². The van der Waals surface area contributed by atoms with Gasteiger partial charge >= 0.3 is 5.97 Å². The third kappa shape index (κ3) is 2.68. The Kier molecular flexibility index (Phi) is 3.77. The van der Waals surface area contributed by atoms with Crippen LogP contribution in [0.5, 0.6) is 5.75 Å². The van der Waals surface area contributed by atoms with Gasteiger partial charge in [-0.15, -0.1) is 0 Å². The molecule has 0 aliphatic heterocycles. The molecule has 0 N–H and O–H groups in total. The molecule has 1 aromatic heterocycles. The van der Waals surface area contributed by atoms with Crippen molar-refractivity contribution in [2.75, 3.05) is 0 Å². The Bertz CT molecular complexity index is 1080. The first-order valence-electron chi connectivity index (χ1n) is 8.38. The normalized spacial score (nSPS) is 11.1. The zero-order valence-corrected chi connectivity index (χ0v) is 14.3. The maximum Gasteiger partial charge on any atom is 0.308 e. The van der Waals surface area contributed by atoms with Gasteiger partial charge in [-0.25, -0.2) is 0 Å². The van der Waals surface area contributed by atoms with E-state index in [2.05, 4.69) is 47.0 Å². The smallest absolute Gasteiger partial charge is 0.308 e. The Morgan fingerprint density at radius 3 is 2.40 bits per heavy atom. The number of fused-ring (bicyclic) bond motifs is 3. The summed E-state index contributed by atoms with van der Waals surface area (Å²) in [6.07, 6.45) is 0. The SMILES string of the molecule is CC(=O)Oc1c(C)ccc2c1c1ccccc1n2Cc1ccccc1. The second-order valence-electron chi connectivity index (χ2n) is 6.29. The highest BCUT2D eigenvalue weighted by molar-refractivity contribution is 6.12. The van der Waals surface area contributed by atoms with Gasteiger partial charge in [-0.3, -0.25) is 4.79 Å². The fourth-order valence-electron chi connectivity index (χ4n) is 3.42. The van der Waals surface area contributed by atoms with E-state index in [-0.39, 0.29) is 5.97 Å². The van der Waals surface area contributed by atoms with Gasteiger partial charge in [0.05, 0.1) is 10.9 Å². The van der Waals surface area contributed by atoms with Gasteiger partial charge in [0, 0.05) is 24.4 Å². The Labute approximate surface area is 146 Å². The van der Waals surface area contributed by atoms with Crippen LogP contribution >= 0.6 is 0 Å². The molecule has 124 valence electrons. The van der Waals surface area contributed by atoms with Gasteiger partial charge < -0.3 is 9.30 Å². The average molecular weight is 329 g/mol. The number of rotatable bonds is 3. The van der Waals surface area contributed by atoms with Crippen LogP contribution in [0.1, 0.15) is 18.1 Å². The van der Waals surface area contributed by atoms with E-state index in [1.54, 1.807) is 0 Å². The van der Waals surface area contributed by atoms with Crippen LogP contribution in [0.25, 0.3) is 21.8 Å². The molecule has 0 atom stereocenters. The molecule has 3 nitrogen and oxygen atoms in total. The van der Waals surface area contributed by atoms with Crippen molar-refractivity contribution in [1.82, 2.24) is 4.57 Å². The van der Waals surface area contributed by atoms with E-state index in [1.807, 2.05) is 31.2 Å². The number of para-hydroxylation sites is 1. The Hall–Kier alpha value is -3.07. The summed E-state index contributed by atoms with van der Waals surface area (Å²) >= 11 is 0. The molecule has 3 heteroatoms. The van der Waals surface area contributed by atoms with Gasteiger partial charge in [0.2, 0.25) is 0 Å². The lowest BCUT2D eigenvalue weighted by atomic mass is 10.1. The molecule has 1 heterocycles. The first kappa shape index (κ1) is 15.5. The van der Waals surface area contributed by atoms with Crippen molar-refractivity contribution in [3.05, 3.63) is 77.9 Å². The van der Waals surface area contributed by atoms with Crippen LogP contribution in [-0.4, -0.2) is 10.5 Å². The van der Waals surface area contributed by atoms with Crippen molar-refractivity contribution in [1.29, 1.82) is 0 Å². The minimum Gasteiger partial charge on any atom is -0.426 e. The third-order valence-corrected chi connectivity index (χ3v) is 4.52. The first-order chi connectivity index (χ1) is 12.1. The van der Waals surface area contributed by atoms with Gasteiger partial charge in [0.25, 0.3) is 0 Å². The fraction of sp³-hybridized carbons (Fsp3) is 0.136. The van der Waals surface area contributed by atoms with E-state index in [4.69, 9.17) is 4.74 Å². The van der Waals surface area contributed by atoms with E-state index >= 15 is 0 Å². The predicted octanol–water partition coefficient (Wildman–Crippen LogP) is 5.08. The topological polar surface area (TPSA) is 31.2 Å². The summed E-state index contributed by atoms with van der Waals surface area (Å²) in [5.74, 6) is 0.364. The summed E-state index contributed by atoms with van der Waals surface area (Å²) in [7, 11) is 0. The van der Waals surface area contributed by atoms with E-state index in [0.29, 0.717) is 5.75 Å². The summed E-state index contributed by atoms with van der Waals surface area (Å²) in [6.45, 7) is 4.19. The van der Waals surface area contributed by atoms with Crippen LogP contribution in [0.3, 0.4) is 0 Å². The molecule has 0 aliphatic rings. The number of nitrogens with zero attached hydrogens (tertiary/aromatic N) is 1. The highest BCUT2D eigenvalue weighted by atomic mass is 16.5. The molecule has 0 saturated heterocycles. The number of esters is 1. The van der Waals surface area contributed by atoms with Crippen LogP contribution in [0.15, 0.2) is 66.7 Å². The number of hydrogen-bond acceptors (Lipinski definition) is 2. The van der Waals surface area contributed by atoms with Crippen LogP contribution in [0.4, 0.5) is 0 Å². The minimum absolute atomic E-state index is 0.296. The third-order valence-electron chi connectivity index (χ3n) is 4.52. The summed E-state index contributed by atoms with van der Waals surface area (Å²) in [4.78, 5) is 11.6. The van der Waals surface area contributed by atoms with Crippen LogP contribution in [0, 0.1) is 6.92 Å². The fourth-order valence-corrected chi connectivity index (χ4v) is 3.42. The molecule has 3 aromatic carbocycles. The van der Waals surface area contributed by atoms with E-state index in [0.717, 1.165) is 33.9 Å². The first-order valence-corrected chi connectivity index (χ1v) is 8.38. The summed E-state index contributed by atoms with van der Waals surface area (Å²) in [5.41, 5.74) is 4.41. The summed E-state index contributed by atoms with van der Waals surface area (Å²) < 4.78 is 7.86. The number of carbonyl (C=O) groups is 1. The lowest BCUT2D eigenvalue weighted by Gasteiger charge is -2.10. The number of aromatic nitrogens is 1. The quantitative estimate of drug-likeness (QED) is 0.388. The van der Waals surface area contributed by atoms with E-state index in [1.165, 1.54) is 12.5 Å². The number of carbonyl (C=O) groups excluding carboxylic acids is 1. The minimum atomic E-state index is -0.296. The number of hydrogen-bond donors (Lipinski definition) is 0. The number of ether oxygens (including phenoxy) is 1. The van der Waals surface area contributed by atoms with Crippen LogP contribution in [-0.2, 0) is 11.3 Å². The highest BCUT2D eigenvalue weighted by Gasteiger charge is 2.17. The molecule has 0 fully saturated rings. The van der Waals surface area contributed by atoms with Crippen LogP contribution in [0.2, 0.25) is 0 Å². The molecule has 0 bridgehead atoms. The van der Waals surface area contributed by atoms with Crippen molar-refractivity contribution < 1.29 is 9.53 Å². The molecule has 0 amide bonds. The molecule has 25 heavy (non-hydrogen) atoms. The molecular weight excluding hydrogens is 310 g/mol. The lowest BCUT2D eigenvalue weighted by molar-refractivity contribution is -0.131. The monoisotopic (exact) mass is 329 g/mol. The van der Waals surface area contributed by atoms with Gasteiger partial charge in [0.1, 0.15) is 5.75 Å². The Morgan fingerprint density at radius 2 is 1.64 bits per heavy atom. The van der Waals surface area contributed by atoms with Gasteiger partial charge in [0.15, 0.2) is 0 Å². The number of aryl methyl sites for hydroxylation is 1. The average Bonchev–Trinajstić information content (AvgIpc) is 2.92. The molecular formula is C22H19NO2. The standard InChI is InChI=1S/C22H19NO2/c1-15-12-13-20-21(22(15)25-16(2)24)18-10-6-7-11-19(18)23(20)14-17-8-4-3-5-9-17/h3-13H,14H2,1-2H3. The van der Waals surface area contributed by atoms with Gasteiger partial charge in [-0.1, -0.05) is 54.6 Å². The maximum atomic E-state index is 11.6. The molecule has 0 saturated carbocycles. The molecule has 0 radical (unpaired) electrons. The Balaban J connectivity index is 2.03. The van der Waals surface area contributed by atoms with E-state index < -0.39 is 0 Å². The largest absolute Gasteiger partial charge is 0.426 e. The van der Waals surface area contributed by atoms with Crippen molar-refractivity contribution in [2.24, 2.45) is 0 Å². The summed E-state index contributed by atoms with van der Waals surface area (Å²) in [5, 5.41) is 2.11. The molecule has 0 aliphatic carbocycles.